The Balaban J connectivity index is 1.31. The fourth-order valence-corrected chi connectivity index (χ4v) is 8.19. The summed E-state index contributed by atoms with van der Waals surface area (Å²) in [6, 6.07) is 53.6. The van der Waals surface area contributed by atoms with Crippen LogP contribution in [0.25, 0.3) is 46.3 Å². The third-order valence-corrected chi connectivity index (χ3v) is 10.2. The van der Waals surface area contributed by atoms with E-state index in [-0.39, 0.29) is 0 Å². The van der Waals surface area contributed by atoms with E-state index in [0.29, 0.717) is 17.5 Å². The van der Waals surface area contributed by atoms with E-state index >= 15 is 0 Å². The van der Waals surface area contributed by atoms with Gasteiger partial charge in [0.25, 0.3) is 0 Å². The fourth-order valence-electron chi connectivity index (χ4n) is 7.00. The number of nitrogens with zero attached hydrogens (tertiary/aromatic N) is 3. The Hall–Kier alpha value is -5.58. The van der Waals surface area contributed by atoms with Crippen LogP contribution < -0.4 is 0 Å². The van der Waals surface area contributed by atoms with Crippen LogP contribution in [-0.2, 0) is 5.41 Å². The summed E-state index contributed by atoms with van der Waals surface area (Å²) < 4.78 is 0. The molecule has 0 saturated heterocycles. The van der Waals surface area contributed by atoms with Gasteiger partial charge in [0.2, 0.25) is 0 Å². The van der Waals surface area contributed by atoms with Crippen LogP contribution in [-0.4, -0.2) is 15.0 Å². The molecule has 0 atom stereocenters. The molecule has 0 radical (unpaired) electrons. The summed E-state index contributed by atoms with van der Waals surface area (Å²) in [6.45, 7) is 0. The van der Waals surface area contributed by atoms with Crippen molar-refractivity contribution >= 4 is 23.9 Å². The Bertz CT molecular complexity index is 2190. The van der Waals surface area contributed by atoms with Crippen LogP contribution >= 0.6 is 11.8 Å². The Morgan fingerprint density at radius 2 is 0.826 bits per heavy atom. The summed E-state index contributed by atoms with van der Waals surface area (Å²) >= 11 is 1.86. The smallest absolute Gasteiger partial charge is 0.164 e. The van der Waals surface area contributed by atoms with Crippen molar-refractivity contribution in [3.63, 3.8) is 0 Å². The summed E-state index contributed by atoms with van der Waals surface area (Å²) in [6.07, 6.45) is 4.52. The molecular formula is C42H27N3S. The largest absolute Gasteiger partial charge is 0.208 e. The Labute approximate surface area is 272 Å². The molecule has 2 heterocycles. The van der Waals surface area contributed by atoms with Crippen molar-refractivity contribution in [3.05, 3.63) is 185 Å². The van der Waals surface area contributed by atoms with Gasteiger partial charge in [-0.1, -0.05) is 157 Å². The van der Waals surface area contributed by atoms with Crippen LogP contribution in [0.3, 0.4) is 0 Å². The van der Waals surface area contributed by atoms with E-state index < -0.39 is 5.41 Å². The van der Waals surface area contributed by atoms with E-state index in [2.05, 4.69) is 103 Å². The molecule has 1 aromatic heterocycles. The second-order valence-electron chi connectivity index (χ2n) is 11.6. The SMILES string of the molecule is C1=Cc2cc(-c3nc(-c4ccccc4)nc(-c4ccccc4)n3)ccc2C2(c3ccccc31)c1ccccc1Sc1ccccc12. The summed E-state index contributed by atoms with van der Waals surface area (Å²) in [7, 11) is 0. The summed E-state index contributed by atoms with van der Waals surface area (Å²) in [5, 5.41) is 0. The topological polar surface area (TPSA) is 38.7 Å². The van der Waals surface area contributed by atoms with Gasteiger partial charge in [-0.15, -0.1) is 0 Å². The van der Waals surface area contributed by atoms with Gasteiger partial charge >= 0.3 is 0 Å². The maximum atomic E-state index is 5.04. The van der Waals surface area contributed by atoms with E-state index in [9.17, 15) is 0 Å². The van der Waals surface area contributed by atoms with E-state index in [1.807, 2.05) is 72.4 Å². The molecule has 0 saturated carbocycles. The zero-order valence-corrected chi connectivity index (χ0v) is 25.7. The molecule has 1 spiro atoms. The third-order valence-electron chi connectivity index (χ3n) is 9.02. The number of hydrogen-bond acceptors (Lipinski definition) is 4. The first-order chi connectivity index (χ1) is 22.8. The molecule has 46 heavy (non-hydrogen) atoms. The van der Waals surface area contributed by atoms with Crippen molar-refractivity contribution in [2.45, 2.75) is 15.2 Å². The highest BCUT2D eigenvalue weighted by atomic mass is 32.2. The lowest BCUT2D eigenvalue weighted by Gasteiger charge is -2.42. The standard InChI is InChI=1S/C42H27N3S/c1-3-14-29(15-4-1)39-43-40(30-16-5-2-6-17-30)45-41(44-39)32-25-26-34-31(27-32)24-23-28-13-7-8-18-33(28)42(34)35-19-9-11-21-37(35)46-38-22-12-10-20-36(38)42/h1-27H. The Morgan fingerprint density at radius 1 is 0.370 bits per heavy atom. The van der Waals surface area contributed by atoms with Crippen molar-refractivity contribution in [2.75, 3.05) is 0 Å². The van der Waals surface area contributed by atoms with Gasteiger partial charge in [-0.3, -0.25) is 0 Å². The van der Waals surface area contributed by atoms with Crippen LogP contribution in [0, 0.1) is 0 Å². The van der Waals surface area contributed by atoms with Crippen molar-refractivity contribution in [1.82, 2.24) is 15.0 Å². The van der Waals surface area contributed by atoms with Gasteiger partial charge in [0.05, 0.1) is 5.41 Å². The minimum absolute atomic E-state index is 0.490. The minimum atomic E-state index is -0.490. The molecule has 216 valence electrons. The van der Waals surface area contributed by atoms with Gasteiger partial charge in [0, 0.05) is 26.5 Å². The van der Waals surface area contributed by atoms with Crippen LogP contribution in [0.2, 0.25) is 0 Å². The lowest BCUT2D eigenvalue weighted by molar-refractivity contribution is 0.701. The molecule has 0 unspecified atom stereocenters. The fraction of sp³-hybridized carbons (Fsp3) is 0.0238. The third kappa shape index (κ3) is 4.18. The highest BCUT2D eigenvalue weighted by molar-refractivity contribution is 7.99. The molecule has 9 rings (SSSR count). The predicted molar refractivity (Wildman–Crippen MR) is 187 cm³/mol. The van der Waals surface area contributed by atoms with Crippen molar-refractivity contribution in [1.29, 1.82) is 0 Å². The average molecular weight is 606 g/mol. The summed E-state index contributed by atoms with van der Waals surface area (Å²) in [5.74, 6) is 1.97. The average Bonchev–Trinajstić information content (AvgIpc) is 3.27. The summed E-state index contributed by atoms with van der Waals surface area (Å²) in [4.78, 5) is 17.5. The zero-order chi connectivity index (χ0) is 30.5. The highest BCUT2D eigenvalue weighted by Crippen LogP contribution is 2.58. The van der Waals surface area contributed by atoms with Crippen molar-refractivity contribution in [2.24, 2.45) is 0 Å². The number of hydrogen-bond donors (Lipinski definition) is 0. The number of rotatable bonds is 3. The first kappa shape index (κ1) is 26.8. The minimum Gasteiger partial charge on any atom is -0.208 e. The molecule has 3 nitrogen and oxygen atoms in total. The van der Waals surface area contributed by atoms with E-state index in [4.69, 9.17) is 15.0 Å². The lowest BCUT2D eigenvalue weighted by atomic mass is 9.63. The van der Waals surface area contributed by atoms with E-state index in [0.717, 1.165) is 22.3 Å². The van der Waals surface area contributed by atoms with Gasteiger partial charge in [-0.05, 0) is 51.6 Å². The quantitative estimate of drug-likeness (QED) is 0.201. The molecule has 1 aliphatic heterocycles. The van der Waals surface area contributed by atoms with Gasteiger partial charge < -0.3 is 0 Å². The molecule has 6 aromatic carbocycles. The molecule has 2 aliphatic rings. The van der Waals surface area contributed by atoms with Gasteiger partial charge in [0.15, 0.2) is 17.5 Å². The maximum Gasteiger partial charge on any atom is 0.164 e. The van der Waals surface area contributed by atoms with Crippen LogP contribution in [0.15, 0.2) is 161 Å². The normalized spacial score (nSPS) is 13.7. The Kier molecular flexibility index (Phi) is 6.29. The second kappa shape index (κ2) is 10.8. The van der Waals surface area contributed by atoms with Crippen LogP contribution in [0.4, 0.5) is 0 Å². The monoisotopic (exact) mass is 605 g/mol. The summed E-state index contributed by atoms with van der Waals surface area (Å²) in [5.41, 5.74) is 9.89. The van der Waals surface area contributed by atoms with E-state index in [1.165, 1.54) is 37.6 Å². The molecular weight excluding hydrogens is 579 g/mol. The molecule has 7 aromatic rings. The highest BCUT2D eigenvalue weighted by Gasteiger charge is 2.46. The zero-order valence-electron chi connectivity index (χ0n) is 24.8. The van der Waals surface area contributed by atoms with Crippen molar-refractivity contribution in [3.8, 4) is 34.2 Å². The van der Waals surface area contributed by atoms with Crippen LogP contribution in [0.1, 0.15) is 33.4 Å². The molecule has 0 fully saturated rings. The molecule has 0 amide bonds. The van der Waals surface area contributed by atoms with Crippen molar-refractivity contribution < 1.29 is 0 Å². The van der Waals surface area contributed by atoms with E-state index in [1.54, 1.807) is 0 Å². The maximum absolute atomic E-state index is 5.04. The van der Waals surface area contributed by atoms with Gasteiger partial charge in [0.1, 0.15) is 0 Å². The first-order valence-corrected chi connectivity index (χ1v) is 16.3. The molecule has 0 bridgehead atoms. The molecule has 1 aliphatic carbocycles. The number of aromatic nitrogens is 3. The second-order valence-corrected chi connectivity index (χ2v) is 12.7. The van der Waals surface area contributed by atoms with Gasteiger partial charge in [-0.25, -0.2) is 15.0 Å². The number of benzene rings is 6. The predicted octanol–water partition coefficient (Wildman–Crippen LogP) is 10.2. The van der Waals surface area contributed by atoms with Crippen LogP contribution in [0.5, 0.6) is 0 Å². The molecule has 4 heteroatoms. The Morgan fingerprint density at radius 3 is 1.43 bits per heavy atom. The molecule has 0 N–H and O–H groups in total. The first-order valence-electron chi connectivity index (χ1n) is 15.5. The number of fused-ring (bicyclic) bond motifs is 8. The van der Waals surface area contributed by atoms with Gasteiger partial charge in [-0.2, -0.15) is 0 Å². The lowest BCUT2D eigenvalue weighted by Crippen LogP contribution is -2.35.